The van der Waals surface area contributed by atoms with Crippen molar-refractivity contribution < 1.29 is 54.8 Å². The number of carbonyl (C=O) groups excluding carboxylic acids is 2. The van der Waals surface area contributed by atoms with Crippen LogP contribution in [0.1, 0.15) is 17.5 Å². The summed E-state index contributed by atoms with van der Waals surface area (Å²) < 4.78 is 10.4. The normalized spacial score (nSPS) is 24.1. The number of phenolic OH excluding ortho intramolecular Hbond substituents is 4. The van der Waals surface area contributed by atoms with Gasteiger partial charge in [-0.1, -0.05) is 12.1 Å². The lowest BCUT2D eigenvalue weighted by molar-refractivity contribution is -0.180. The summed E-state index contributed by atoms with van der Waals surface area (Å²) >= 11 is 0. The van der Waals surface area contributed by atoms with Gasteiger partial charge in [-0.3, -0.25) is 0 Å². The lowest BCUT2D eigenvalue weighted by atomic mass is 10.0. The molecule has 2 aromatic rings. The van der Waals surface area contributed by atoms with Crippen molar-refractivity contribution in [3.63, 3.8) is 0 Å². The number of phenols is 4. The van der Waals surface area contributed by atoms with Crippen LogP contribution in [-0.4, -0.2) is 78.2 Å². The maximum Gasteiger partial charge on any atom is 0.331 e. The zero-order valence-corrected chi connectivity index (χ0v) is 18.2. The van der Waals surface area contributed by atoms with Gasteiger partial charge in [-0.25, -0.2) is 9.59 Å². The van der Waals surface area contributed by atoms with Gasteiger partial charge in [0.25, 0.3) is 0 Å². The average Bonchev–Trinajstić information content (AvgIpc) is 3.05. The Morgan fingerprint density at radius 1 is 0.857 bits per heavy atom. The Kier molecular flexibility index (Phi) is 7.65. The highest BCUT2D eigenvalue weighted by atomic mass is 16.6. The van der Waals surface area contributed by atoms with E-state index in [-0.39, 0.29) is 11.5 Å². The molecule has 7 N–H and O–H groups in total. The first kappa shape index (κ1) is 25.6. The van der Waals surface area contributed by atoms with Crippen molar-refractivity contribution in [2.75, 3.05) is 6.61 Å². The van der Waals surface area contributed by atoms with Gasteiger partial charge in [0.15, 0.2) is 35.2 Å². The minimum absolute atomic E-state index is 0.342. The smallest absolute Gasteiger partial charge is 0.331 e. The Balaban J connectivity index is 1.71. The van der Waals surface area contributed by atoms with Crippen molar-refractivity contribution in [2.45, 2.75) is 30.3 Å². The number of aliphatic hydroxyl groups excluding tert-OH is 2. The van der Waals surface area contributed by atoms with Crippen molar-refractivity contribution in [3.8, 4) is 23.0 Å². The maximum absolute atomic E-state index is 12.3. The first-order chi connectivity index (χ1) is 16.5. The van der Waals surface area contributed by atoms with Crippen LogP contribution in [-0.2, 0) is 19.1 Å². The third-order valence-corrected chi connectivity index (χ3v) is 5.36. The van der Waals surface area contributed by atoms with Crippen LogP contribution >= 0.6 is 0 Å². The van der Waals surface area contributed by atoms with E-state index < -0.39 is 60.4 Å². The molecule has 2 aromatic carbocycles. The Labute approximate surface area is 199 Å². The van der Waals surface area contributed by atoms with Gasteiger partial charge in [0, 0.05) is 18.6 Å². The van der Waals surface area contributed by atoms with E-state index in [1.54, 1.807) is 0 Å². The van der Waals surface area contributed by atoms with Crippen molar-refractivity contribution in [1.82, 2.24) is 0 Å². The number of aliphatic hydroxyl groups is 3. The molecule has 0 saturated heterocycles. The van der Waals surface area contributed by atoms with E-state index in [9.17, 15) is 45.3 Å². The van der Waals surface area contributed by atoms with Gasteiger partial charge in [0.1, 0.15) is 5.60 Å². The van der Waals surface area contributed by atoms with Gasteiger partial charge in [0.2, 0.25) is 0 Å². The van der Waals surface area contributed by atoms with Crippen LogP contribution in [0.3, 0.4) is 0 Å². The Morgan fingerprint density at radius 3 is 1.80 bits per heavy atom. The van der Waals surface area contributed by atoms with Crippen LogP contribution in [0.5, 0.6) is 23.0 Å². The molecule has 1 aliphatic carbocycles. The molecule has 1 aliphatic rings. The number of hydrogen-bond acceptors (Lipinski definition) is 11. The molecular weight excluding hydrogens is 464 g/mol. The van der Waals surface area contributed by atoms with E-state index in [1.807, 2.05) is 0 Å². The lowest BCUT2D eigenvalue weighted by Gasteiger charge is -2.29. The van der Waals surface area contributed by atoms with Crippen molar-refractivity contribution >= 4 is 24.1 Å². The predicted molar refractivity (Wildman–Crippen MR) is 120 cm³/mol. The number of aromatic hydroxyl groups is 4. The van der Waals surface area contributed by atoms with E-state index in [0.29, 0.717) is 11.1 Å². The van der Waals surface area contributed by atoms with Crippen LogP contribution < -0.4 is 0 Å². The van der Waals surface area contributed by atoms with Gasteiger partial charge in [0.05, 0.1) is 12.7 Å². The van der Waals surface area contributed by atoms with Crippen molar-refractivity contribution in [2.24, 2.45) is 0 Å². The second-order valence-corrected chi connectivity index (χ2v) is 7.96. The summed E-state index contributed by atoms with van der Waals surface area (Å²) in [6, 6.07) is 7.63. The van der Waals surface area contributed by atoms with Gasteiger partial charge in [-0.2, -0.15) is 0 Å². The van der Waals surface area contributed by atoms with Gasteiger partial charge < -0.3 is 45.2 Å². The fourth-order valence-electron chi connectivity index (χ4n) is 3.53. The summed E-state index contributed by atoms with van der Waals surface area (Å²) in [4.78, 5) is 24.6. The third kappa shape index (κ3) is 6.09. The van der Waals surface area contributed by atoms with E-state index in [2.05, 4.69) is 0 Å². The van der Waals surface area contributed by atoms with Crippen LogP contribution in [0.4, 0.5) is 0 Å². The Morgan fingerprint density at radius 2 is 1.34 bits per heavy atom. The molecule has 0 amide bonds. The Hall–Kier alpha value is -4.06. The summed E-state index contributed by atoms with van der Waals surface area (Å²) in [6.45, 7) is -0.895. The fourth-order valence-corrected chi connectivity index (χ4v) is 3.53. The summed E-state index contributed by atoms with van der Waals surface area (Å²) in [5.74, 6) is -3.47. The van der Waals surface area contributed by atoms with Gasteiger partial charge >= 0.3 is 11.9 Å². The summed E-state index contributed by atoms with van der Waals surface area (Å²) in [6.07, 6.45) is -0.590. The third-order valence-electron chi connectivity index (χ3n) is 5.36. The molecule has 0 spiro atoms. The molecule has 3 rings (SSSR count). The topological polar surface area (TPSA) is 194 Å². The first-order valence-corrected chi connectivity index (χ1v) is 10.3. The van der Waals surface area contributed by atoms with E-state index in [1.165, 1.54) is 48.6 Å². The standard InChI is InChI=1S/C24H24O11/c25-12-24(33)11-19(30)22(34-20(31)7-3-13-1-5-15(26)17(28)9-13)23(24)35-21(32)8-4-14-2-6-16(27)18(29)10-14/h1-10,19,22-23,25-30,33H,11-12H2/b7-3+,8-4+/t19-,22-,23+,24-/m1/s1. The molecule has 0 aliphatic heterocycles. The Bertz CT molecular complexity index is 1160. The average molecular weight is 488 g/mol. The molecule has 35 heavy (non-hydrogen) atoms. The molecule has 0 bridgehead atoms. The SMILES string of the molecule is O=C(/C=C/c1ccc(O)c(O)c1)O[C@@H]1[C@H](O)C[C@@](O)(CO)[C@H]1OC(=O)/C=C/c1ccc(O)c(O)c1. The number of rotatable bonds is 7. The number of esters is 2. The maximum atomic E-state index is 12.3. The molecule has 186 valence electrons. The first-order valence-electron chi connectivity index (χ1n) is 10.3. The molecule has 0 heterocycles. The number of benzene rings is 2. The van der Waals surface area contributed by atoms with Gasteiger partial charge in [-0.15, -0.1) is 0 Å². The van der Waals surface area contributed by atoms with Crippen LogP contribution in [0.2, 0.25) is 0 Å². The summed E-state index contributed by atoms with van der Waals surface area (Å²) in [5.41, 5.74) is -1.39. The highest BCUT2D eigenvalue weighted by Crippen LogP contribution is 2.35. The molecule has 1 fully saturated rings. The minimum Gasteiger partial charge on any atom is -0.504 e. The quantitative estimate of drug-likeness (QED) is 0.163. The largest absolute Gasteiger partial charge is 0.504 e. The molecular formula is C24H24O11. The molecule has 0 unspecified atom stereocenters. The second kappa shape index (κ2) is 10.5. The fraction of sp³-hybridized carbons (Fsp3) is 0.250. The molecule has 4 atom stereocenters. The van der Waals surface area contributed by atoms with Crippen LogP contribution in [0.15, 0.2) is 48.6 Å². The number of ether oxygens (including phenoxy) is 2. The summed E-state index contributed by atoms with van der Waals surface area (Å²) in [5, 5.41) is 68.3. The second-order valence-electron chi connectivity index (χ2n) is 7.96. The highest BCUT2D eigenvalue weighted by molar-refractivity contribution is 5.88. The minimum atomic E-state index is -2.09. The number of hydrogen-bond donors (Lipinski definition) is 7. The molecule has 1 saturated carbocycles. The molecule has 0 aromatic heterocycles. The zero-order valence-electron chi connectivity index (χ0n) is 18.2. The zero-order chi connectivity index (χ0) is 25.8. The van der Waals surface area contributed by atoms with Crippen LogP contribution in [0, 0.1) is 0 Å². The monoisotopic (exact) mass is 488 g/mol. The van der Waals surface area contributed by atoms with Gasteiger partial charge in [-0.05, 0) is 47.5 Å². The van der Waals surface area contributed by atoms with Crippen LogP contribution in [0.25, 0.3) is 12.2 Å². The predicted octanol–water partition coefficient (Wildman–Crippen LogP) is 0.547. The van der Waals surface area contributed by atoms with Crippen molar-refractivity contribution in [3.05, 3.63) is 59.7 Å². The summed E-state index contributed by atoms with van der Waals surface area (Å²) in [7, 11) is 0. The highest BCUT2D eigenvalue weighted by Gasteiger charge is 2.56. The van der Waals surface area contributed by atoms with Crippen molar-refractivity contribution in [1.29, 1.82) is 0 Å². The van der Waals surface area contributed by atoms with E-state index in [4.69, 9.17) is 9.47 Å². The van der Waals surface area contributed by atoms with E-state index >= 15 is 0 Å². The molecule has 11 nitrogen and oxygen atoms in total. The lowest BCUT2D eigenvalue weighted by Crippen LogP contribution is -2.49. The van der Waals surface area contributed by atoms with E-state index in [0.717, 1.165) is 12.2 Å². The molecule has 0 radical (unpaired) electrons. The number of carbonyl (C=O) groups is 2. The molecule has 11 heteroatoms.